The number of hydrogen-bond donors (Lipinski definition) is 0. The van der Waals surface area contributed by atoms with E-state index in [1.807, 2.05) is 0 Å². The normalized spacial score (nSPS) is 9.50. The molecule has 1 amide bonds. The number of carboxylic acid groups (broad SMARTS) is 1. The van der Waals surface area contributed by atoms with Crippen LogP contribution in [-0.2, 0) is 0 Å². The molecule has 0 bridgehead atoms. The number of nitrogens with zero attached hydrogens (tertiary/aromatic N) is 2. The van der Waals surface area contributed by atoms with Crippen LogP contribution in [0.15, 0.2) is 24.3 Å². The summed E-state index contributed by atoms with van der Waals surface area (Å²) in [4.78, 5) is 21.0. The third-order valence-corrected chi connectivity index (χ3v) is 1.72. The fraction of sp³-hybridized carbons (Fsp3) is 0.125. The lowest BCUT2D eigenvalue weighted by Crippen LogP contribution is -2.38. The molecule has 74 valence electrons. The van der Waals surface area contributed by atoms with Gasteiger partial charge in [-0.15, -0.1) is 0 Å². The topological polar surface area (TPSA) is 86.5 Å². The van der Waals surface area contributed by atoms with E-state index in [0.29, 0.717) is 5.69 Å². The van der Waals surface area contributed by atoms with Gasteiger partial charge in [-0.1, -0.05) is 0 Å². The summed E-state index contributed by atoms with van der Waals surface area (Å²) in [6.07, 6.45) is -1.36. The van der Waals surface area contributed by atoms with Gasteiger partial charge in [0.05, 0.1) is 4.92 Å². The third-order valence-electron chi connectivity index (χ3n) is 1.72. The Hall–Kier alpha value is -2.11. The van der Waals surface area contributed by atoms with Crippen LogP contribution in [-0.4, -0.2) is 18.1 Å². The standard InChI is InChI=1S/C8H8N2O4/c1-9(8(11)12)6-2-4-7(5-3-6)10(13)14/h2-5H,1H3,(H,11,12)/p-1. The Morgan fingerprint density at radius 3 is 2.21 bits per heavy atom. The number of anilines is 1. The highest BCUT2D eigenvalue weighted by molar-refractivity contribution is 5.83. The summed E-state index contributed by atoms with van der Waals surface area (Å²) in [6, 6.07) is 5.14. The van der Waals surface area contributed by atoms with E-state index in [2.05, 4.69) is 0 Å². The molecule has 0 unspecified atom stereocenters. The quantitative estimate of drug-likeness (QED) is 0.504. The molecule has 0 saturated heterocycles. The van der Waals surface area contributed by atoms with Crippen molar-refractivity contribution >= 4 is 17.5 Å². The van der Waals surface area contributed by atoms with Crippen LogP contribution in [0.5, 0.6) is 0 Å². The first-order valence-electron chi connectivity index (χ1n) is 3.71. The van der Waals surface area contributed by atoms with Crippen LogP contribution in [0.1, 0.15) is 0 Å². The van der Waals surface area contributed by atoms with Crippen LogP contribution in [0, 0.1) is 10.1 Å². The van der Waals surface area contributed by atoms with E-state index in [0.717, 1.165) is 4.90 Å². The van der Waals surface area contributed by atoms with Crippen molar-refractivity contribution in [2.75, 3.05) is 11.9 Å². The number of benzene rings is 1. The van der Waals surface area contributed by atoms with Crippen molar-refractivity contribution in [3.05, 3.63) is 34.4 Å². The zero-order valence-corrected chi connectivity index (χ0v) is 7.34. The number of carbonyl (C=O) groups excluding carboxylic acids is 1. The van der Waals surface area contributed by atoms with E-state index < -0.39 is 11.0 Å². The second-order valence-corrected chi connectivity index (χ2v) is 2.60. The molecule has 0 aromatic heterocycles. The first-order valence-corrected chi connectivity index (χ1v) is 3.71. The van der Waals surface area contributed by atoms with Crippen molar-refractivity contribution in [2.24, 2.45) is 0 Å². The molecule has 6 heteroatoms. The van der Waals surface area contributed by atoms with Gasteiger partial charge < -0.3 is 14.8 Å². The van der Waals surface area contributed by atoms with Crippen LogP contribution in [0.3, 0.4) is 0 Å². The minimum absolute atomic E-state index is 0.0829. The molecular formula is C8H7N2O4-. The zero-order valence-electron chi connectivity index (χ0n) is 7.34. The highest BCUT2D eigenvalue weighted by atomic mass is 16.6. The Morgan fingerprint density at radius 2 is 1.86 bits per heavy atom. The highest BCUT2D eigenvalue weighted by Crippen LogP contribution is 2.17. The summed E-state index contributed by atoms with van der Waals surface area (Å²) in [5.74, 6) is 0. The van der Waals surface area contributed by atoms with Crippen molar-refractivity contribution in [1.82, 2.24) is 0 Å². The Morgan fingerprint density at radius 1 is 1.36 bits per heavy atom. The van der Waals surface area contributed by atoms with E-state index >= 15 is 0 Å². The molecule has 1 aromatic rings. The van der Waals surface area contributed by atoms with Gasteiger partial charge in [0.15, 0.2) is 0 Å². The fourth-order valence-corrected chi connectivity index (χ4v) is 0.903. The molecule has 1 aromatic carbocycles. The molecule has 0 heterocycles. The summed E-state index contributed by atoms with van der Waals surface area (Å²) < 4.78 is 0. The summed E-state index contributed by atoms with van der Waals surface area (Å²) >= 11 is 0. The Bertz CT molecular complexity index is 360. The molecule has 14 heavy (non-hydrogen) atoms. The lowest BCUT2D eigenvalue weighted by molar-refractivity contribution is -0.384. The zero-order chi connectivity index (χ0) is 10.7. The minimum Gasteiger partial charge on any atom is -0.530 e. The SMILES string of the molecule is CN(C(=O)[O-])c1ccc([N+](=O)[O-])cc1. The van der Waals surface area contributed by atoms with Crippen LogP contribution < -0.4 is 10.0 Å². The van der Waals surface area contributed by atoms with Gasteiger partial charge >= 0.3 is 0 Å². The average Bonchev–Trinajstić information content (AvgIpc) is 2.16. The van der Waals surface area contributed by atoms with Gasteiger partial charge in [-0.3, -0.25) is 10.1 Å². The third kappa shape index (κ3) is 1.98. The lowest BCUT2D eigenvalue weighted by Gasteiger charge is -2.18. The number of non-ortho nitro benzene ring substituents is 1. The average molecular weight is 195 g/mol. The molecule has 0 fully saturated rings. The van der Waals surface area contributed by atoms with Crippen LogP contribution in [0.2, 0.25) is 0 Å². The Labute approximate surface area is 79.5 Å². The molecule has 0 aliphatic carbocycles. The van der Waals surface area contributed by atoms with E-state index in [1.54, 1.807) is 0 Å². The number of amides is 1. The number of rotatable bonds is 2. The smallest absolute Gasteiger partial charge is 0.269 e. The van der Waals surface area contributed by atoms with Crippen molar-refractivity contribution in [1.29, 1.82) is 0 Å². The molecular weight excluding hydrogens is 188 g/mol. The fourth-order valence-electron chi connectivity index (χ4n) is 0.903. The van der Waals surface area contributed by atoms with Gasteiger partial charge in [0, 0.05) is 24.9 Å². The summed E-state index contributed by atoms with van der Waals surface area (Å²) in [6.45, 7) is 0. The molecule has 0 aliphatic rings. The molecule has 6 nitrogen and oxygen atoms in total. The predicted octanol–water partition coefficient (Wildman–Crippen LogP) is 0.374. The summed E-state index contributed by atoms with van der Waals surface area (Å²) in [7, 11) is 1.30. The molecule has 0 spiro atoms. The van der Waals surface area contributed by atoms with E-state index in [-0.39, 0.29) is 5.69 Å². The van der Waals surface area contributed by atoms with Crippen LogP contribution >= 0.6 is 0 Å². The lowest BCUT2D eigenvalue weighted by atomic mass is 10.3. The maximum absolute atomic E-state index is 10.4. The second-order valence-electron chi connectivity index (χ2n) is 2.60. The van der Waals surface area contributed by atoms with E-state index in [9.17, 15) is 20.0 Å². The molecule has 0 N–H and O–H groups in total. The maximum atomic E-state index is 10.4. The monoisotopic (exact) mass is 195 g/mol. The van der Waals surface area contributed by atoms with Crippen LogP contribution in [0.25, 0.3) is 0 Å². The summed E-state index contributed by atoms with van der Waals surface area (Å²) in [5.41, 5.74) is 0.246. The Kier molecular flexibility index (Phi) is 2.66. The van der Waals surface area contributed by atoms with Crippen molar-refractivity contribution < 1.29 is 14.8 Å². The number of nitro benzene ring substituents is 1. The van der Waals surface area contributed by atoms with Crippen molar-refractivity contribution in [3.63, 3.8) is 0 Å². The minimum atomic E-state index is -1.36. The second kappa shape index (κ2) is 3.73. The van der Waals surface area contributed by atoms with E-state index in [1.165, 1.54) is 31.3 Å². The van der Waals surface area contributed by atoms with Gasteiger partial charge in [0.25, 0.3) is 5.69 Å². The maximum Gasteiger partial charge on any atom is 0.269 e. The van der Waals surface area contributed by atoms with E-state index in [4.69, 9.17) is 0 Å². The van der Waals surface area contributed by atoms with Crippen molar-refractivity contribution in [3.8, 4) is 0 Å². The van der Waals surface area contributed by atoms with Gasteiger partial charge in [-0.25, -0.2) is 0 Å². The highest BCUT2D eigenvalue weighted by Gasteiger charge is 2.06. The van der Waals surface area contributed by atoms with Gasteiger partial charge in [-0.05, 0) is 12.1 Å². The summed E-state index contributed by atoms with van der Waals surface area (Å²) in [5, 5.41) is 20.7. The van der Waals surface area contributed by atoms with Crippen molar-refractivity contribution in [2.45, 2.75) is 0 Å². The first-order chi connectivity index (χ1) is 6.52. The first kappa shape index (κ1) is 9.97. The van der Waals surface area contributed by atoms with Gasteiger partial charge in [-0.2, -0.15) is 0 Å². The molecule has 1 rings (SSSR count). The van der Waals surface area contributed by atoms with Crippen LogP contribution in [0.4, 0.5) is 16.2 Å². The van der Waals surface area contributed by atoms with Gasteiger partial charge in [0.1, 0.15) is 6.09 Å². The predicted molar refractivity (Wildman–Crippen MR) is 46.9 cm³/mol. The molecule has 0 saturated carbocycles. The number of carbonyl (C=O) groups is 1. The molecule has 0 aliphatic heterocycles. The number of nitro groups is 1. The number of hydrogen-bond acceptors (Lipinski definition) is 4. The largest absolute Gasteiger partial charge is 0.530 e. The van der Waals surface area contributed by atoms with Gasteiger partial charge in [0.2, 0.25) is 0 Å². The Balaban J connectivity index is 2.94. The molecule has 0 atom stereocenters. The molecule has 0 radical (unpaired) electrons.